The number of carboxylic acid groups (broad SMARTS) is 1. The number of amides is 1. The van der Waals surface area contributed by atoms with Gasteiger partial charge in [-0.3, -0.25) is 9.35 Å². The highest BCUT2D eigenvalue weighted by atomic mass is 32.3. The van der Waals surface area contributed by atoms with E-state index in [0.29, 0.717) is 0 Å². The quantitative estimate of drug-likeness (QED) is 0.171. The predicted molar refractivity (Wildman–Crippen MR) is 86.3 cm³/mol. The minimum absolute atomic E-state index is 0.776. The SMILES string of the molecule is CC(=O)N[C@@H]1[C@@H](O[C@@H]2O[C@H](C(=O)O)[C@@H](O)[C@@H](O)[C@H]2O)[C@@H](O)[C@@H](OS(=O)(=O)O)O[C@H]1O. The minimum atomic E-state index is -5.19. The van der Waals surface area contributed by atoms with Crippen LogP contribution in [0.3, 0.4) is 0 Å². The van der Waals surface area contributed by atoms with Crippen LogP contribution < -0.4 is 5.32 Å². The smallest absolute Gasteiger partial charge is 0.399 e. The van der Waals surface area contributed by atoms with Gasteiger partial charge >= 0.3 is 16.4 Å². The number of aliphatic hydroxyl groups is 5. The van der Waals surface area contributed by atoms with Gasteiger partial charge in [-0.25, -0.2) is 8.98 Å². The monoisotopic (exact) mass is 463 g/mol. The van der Waals surface area contributed by atoms with Gasteiger partial charge in [0.25, 0.3) is 0 Å². The summed E-state index contributed by atoms with van der Waals surface area (Å²) in [4.78, 5) is 22.6. The zero-order chi connectivity index (χ0) is 23.0. The van der Waals surface area contributed by atoms with E-state index in [1.165, 1.54) is 0 Å². The lowest BCUT2D eigenvalue weighted by atomic mass is 9.97. The molecule has 17 heteroatoms. The van der Waals surface area contributed by atoms with Crippen LogP contribution in [0, 0.1) is 0 Å². The molecular weight excluding hydrogens is 442 g/mol. The van der Waals surface area contributed by atoms with Crippen molar-refractivity contribution >= 4 is 22.3 Å². The van der Waals surface area contributed by atoms with Crippen molar-refractivity contribution in [2.24, 2.45) is 0 Å². The maximum Gasteiger partial charge on any atom is 0.399 e. The second kappa shape index (κ2) is 9.32. The van der Waals surface area contributed by atoms with Crippen LogP contribution in [0.2, 0.25) is 0 Å². The van der Waals surface area contributed by atoms with Crippen LogP contribution in [0.1, 0.15) is 6.92 Å². The third-order valence-electron chi connectivity index (χ3n) is 4.24. The third-order valence-corrected chi connectivity index (χ3v) is 4.67. The standard InChI is InChI=1S/C13H21NO15S/c1-2(15)14-3-8(7(19)13(28-11(3)22)29-30(23,24)25)26-12-6(18)4(16)5(17)9(27-12)10(20)21/h3-9,11-13,16-19,22H,1H3,(H,14,15)(H,20,21)(H,23,24,25)/t3-,4-,5+,6-,7-,8-,9+,11-,12-,13-/m1/s1. The number of aliphatic hydroxyl groups excluding tert-OH is 5. The van der Waals surface area contributed by atoms with Gasteiger partial charge in [-0.2, -0.15) is 8.42 Å². The van der Waals surface area contributed by atoms with Gasteiger partial charge in [0.1, 0.15) is 36.6 Å². The molecule has 2 heterocycles. The van der Waals surface area contributed by atoms with Gasteiger partial charge in [0.15, 0.2) is 18.7 Å². The molecule has 2 aliphatic rings. The Morgan fingerprint density at radius 1 is 0.933 bits per heavy atom. The van der Waals surface area contributed by atoms with Gasteiger partial charge < -0.3 is 50.2 Å². The van der Waals surface area contributed by atoms with Crippen LogP contribution in [0.5, 0.6) is 0 Å². The lowest BCUT2D eigenvalue weighted by Gasteiger charge is -2.45. The number of carbonyl (C=O) groups excluding carboxylic acids is 1. The highest BCUT2D eigenvalue weighted by Gasteiger charge is 2.53. The molecule has 2 fully saturated rings. The molecule has 0 saturated carbocycles. The number of hydrogen-bond acceptors (Lipinski definition) is 13. The average Bonchev–Trinajstić information content (AvgIpc) is 2.60. The Kier molecular flexibility index (Phi) is 7.69. The molecule has 174 valence electrons. The summed E-state index contributed by atoms with van der Waals surface area (Å²) < 4.78 is 49.5. The summed E-state index contributed by atoms with van der Waals surface area (Å²) in [5.41, 5.74) is 0. The fourth-order valence-corrected chi connectivity index (χ4v) is 3.30. The van der Waals surface area contributed by atoms with Crippen LogP contribution in [0.15, 0.2) is 0 Å². The highest BCUT2D eigenvalue weighted by molar-refractivity contribution is 7.80. The van der Waals surface area contributed by atoms with Gasteiger partial charge in [0.2, 0.25) is 12.2 Å². The molecule has 0 bridgehead atoms. The average molecular weight is 463 g/mol. The second-order valence-electron chi connectivity index (χ2n) is 6.47. The van der Waals surface area contributed by atoms with E-state index < -0.39 is 83.8 Å². The van der Waals surface area contributed by atoms with Crippen molar-refractivity contribution in [3.8, 4) is 0 Å². The molecule has 0 radical (unpaired) electrons. The van der Waals surface area contributed by atoms with Gasteiger partial charge in [0, 0.05) is 6.92 Å². The Bertz CT molecular complexity index is 745. The molecule has 1 amide bonds. The highest BCUT2D eigenvalue weighted by Crippen LogP contribution is 2.29. The Morgan fingerprint density at radius 3 is 2.03 bits per heavy atom. The topological polar surface area (TPSA) is 259 Å². The van der Waals surface area contributed by atoms with Crippen molar-refractivity contribution in [3.63, 3.8) is 0 Å². The van der Waals surface area contributed by atoms with Crippen molar-refractivity contribution in [3.05, 3.63) is 0 Å². The molecule has 0 aromatic rings. The zero-order valence-electron chi connectivity index (χ0n) is 15.1. The van der Waals surface area contributed by atoms with E-state index >= 15 is 0 Å². The first-order valence-electron chi connectivity index (χ1n) is 8.25. The molecule has 2 aliphatic heterocycles. The summed E-state index contributed by atoms with van der Waals surface area (Å²) in [6.07, 6.45) is -18.7. The molecule has 30 heavy (non-hydrogen) atoms. The summed E-state index contributed by atoms with van der Waals surface area (Å²) in [5.74, 6) is -2.51. The fraction of sp³-hybridized carbons (Fsp3) is 0.846. The van der Waals surface area contributed by atoms with Crippen molar-refractivity contribution < 1.29 is 71.6 Å². The van der Waals surface area contributed by atoms with Gasteiger partial charge in [0.05, 0.1) is 0 Å². The molecule has 10 atom stereocenters. The molecule has 0 aromatic carbocycles. The first kappa shape index (κ1) is 24.8. The van der Waals surface area contributed by atoms with Gasteiger partial charge in [-0.05, 0) is 0 Å². The van der Waals surface area contributed by atoms with E-state index in [9.17, 15) is 43.5 Å². The normalized spacial score (nSPS) is 42.5. The van der Waals surface area contributed by atoms with Crippen LogP contribution >= 0.6 is 0 Å². The third kappa shape index (κ3) is 5.59. The lowest BCUT2D eigenvalue weighted by Crippen LogP contribution is -2.67. The summed E-state index contributed by atoms with van der Waals surface area (Å²) >= 11 is 0. The van der Waals surface area contributed by atoms with Crippen LogP contribution in [-0.4, -0.2) is 117 Å². The van der Waals surface area contributed by atoms with Gasteiger partial charge in [-0.15, -0.1) is 0 Å². The summed E-state index contributed by atoms with van der Waals surface area (Å²) in [5, 5.41) is 61.1. The fourth-order valence-electron chi connectivity index (χ4n) is 2.90. The number of ether oxygens (including phenoxy) is 3. The first-order valence-corrected chi connectivity index (χ1v) is 9.61. The van der Waals surface area contributed by atoms with E-state index in [2.05, 4.69) is 9.50 Å². The molecule has 0 aliphatic carbocycles. The first-order chi connectivity index (χ1) is 13.7. The molecule has 2 rings (SSSR count). The van der Waals surface area contributed by atoms with Crippen molar-refractivity contribution in [1.29, 1.82) is 0 Å². The number of nitrogens with one attached hydrogen (secondary N) is 1. The molecule has 16 nitrogen and oxygen atoms in total. The summed E-state index contributed by atoms with van der Waals surface area (Å²) in [6.45, 7) is 1.00. The van der Waals surface area contributed by atoms with Crippen LogP contribution in [-0.2, 0) is 38.4 Å². The Morgan fingerprint density at radius 2 is 1.53 bits per heavy atom. The lowest BCUT2D eigenvalue weighted by molar-refractivity contribution is -0.350. The van der Waals surface area contributed by atoms with E-state index in [0.717, 1.165) is 6.92 Å². The number of carboxylic acids is 1. The largest absolute Gasteiger partial charge is 0.479 e. The number of hydrogen-bond donors (Lipinski definition) is 8. The van der Waals surface area contributed by atoms with Gasteiger partial charge in [-0.1, -0.05) is 0 Å². The summed E-state index contributed by atoms with van der Waals surface area (Å²) in [6, 6.07) is -1.64. The van der Waals surface area contributed by atoms with Crippen molar-refractivity contribution in [2.75, 3.05) is 0 Å². The number of aliphatic carboxylic acids is 1. The van der Waals surface area contributed by atoms with E-state index in [1.807, 2.05) is 0 Å². The maximum atomic E-state index is 11.4. The molecular formula is C13H21NO15S. The molecule has 0 aromatic heterocycles. The van der Waals surface area contributed by atoms with E-state index in [1.54, 1.807) is 0 Å². The molecule has 0 spiro atoms. The summed E-state index contributed by atoms with van der Waals surface area (Å²) in [7, 11) is -5.19. The second-order valence-corrected chi connectivity index (χ2v) is 7.52. The zero-order valence-corrected chi connectivity index (χ0v) is 15.9. The van der Waals surface area contributed by atoms with E-state index in [-0.39, 0.29) is 0 Å². The Hall–Kier alpha value is -1.51. The Balaban J connectivity index is 2.31. The predicted octanol–water partition coefficient (Wildman–Crippen LogP) is -5.38. The molecule has 2 saturated heterocycles. The number of rotatable bonds is 6. The Labute approximate surface area is 168 Å². The number of carbonyl (C=O) groups is 2. The molecule has 8 N–H and O–H groups in total. The molecule has 0 unspecified atom stereocenters. The van der Waals surface area contributed by atoms with Crippen molar-refractivity contribution in [1.82, 2.24) is 5.32 Å². The van der Waals surface area contributed by atoms with E-state index in [4.69, 9.17) is 23.9 Å². The van der Waals surface area contributed by atoms with Crippen LogP contribution in [0.25, 0.3) is 0 Å². The maximum absolute atomic E-state index is 11.4. The minimum Gasteiger partial charge on any atom is -0.479 e. The van der Waals surface area contributed by atoms with Crippen LogP contribution in [0.4, 0.5) is 0 Å². The van der Waals surface area contributed by atoms with Crippen molar-refractivity contribution in [2.45, 2.75) is 68.5 Å².